The summed E-state index contributed by atoms with van der Waals surface area (Å²) in [5.41, 5.74) is -0.936. The Morgan fingerprint density at radius 2 is 2.00 bits per heavy atom. The molecule has 0 aromatic heterocycles. The summed E-state index contributed by atoms with van der Waals surface area (Å²) < 4.78 is 18.9. The van der Waals surface area contributed by atoms with Gasteiger partial charge in [0.2, 0.25) is 11.8 Å². The lowest BCUT2D eigenvalue weighted by Crippen LogP contribution is -2.57. The summed E-state index contributed by atoms with van der Waals surface area (Å²) in [4.78, 5) is 25.0. The second kappa shape index (κ2) is 6.79. The molecule has 0 bridgehead atoms. The molecule has 0 saturated heterocycles. The van der Waals surface area contributed by atoms with E-state index in [1.807, 2.05) is 0 Å². The van der Waals surface area contributed by atoms with Gasteiger partial charge in [0.1, 0.15) is 12.0 Å². The molecule has 24 heavy (non-hydrogen) atoms. The Labute approximate surface area is 141 Å². The minimum Gasteiger partial charge on any atom is -0.488 e. The highest BCUT2D eigenvalue weighted by atomic mass is 19.1. The van der Waals surface area contributed by atoms with Crippen LogP contribution in [0.4, 0.5) is 4.39 Å². The molecular weight excluding hydrogens is 311 g/mol. The van der Waals surface area contributed by atoms with Crippen LogP contribution < -0.4 is 15.4 Å². The van der Waals surface area contributed by atoms with Gasteiger partial charge < -0.3 is 15.4 Å². The van der Waals surface area contributed by atoms with Crippen LogP contribution in [-0.4, -0.2) is 30.5 Å². The molecule has 2 N–H and O–H groups in total. The van der Waals surface area contributed by atoms with Crippen molar-refractivity contribution in [2.24, 2.45) is 5.41 Å². The molecule has 130 valence electrons. The van der Waals surface area contributed by atoms with E-state index in [4.69, 9.17) is 4.74 Å². The largest absolute Gasteiger partial charge is 0.488 e. The van der Waals surface area contributed by atoms with Crippen molar-refractivity contribution < 1.29 is 18.7 Å². The summed E-state index contributed by atoms with van der Waals surface area (Å²) >= 11 is 0. The average Bonchev–Trinajstić information content (AvgIpc) is 3.29. The third kappa shape index (κ3) is 3.52. The van der Waals surface area contributed by atoms with Crippen molar-refractivity contribution >= 4 is 11.8 Å². The fraction of sp³-hybridized carbons (Fsp3) is 0.556. The Balaban J connectivity index is 1.53. The van der Waals surface area contributed by atoms with Crippen LogP contribution in [0, 0.1) is 11.2 Å². The van der Waals surface area contributed by atoms with Crippen LogP contribution in [0.2, 0.25) is 0 Å². The van der Waals surface area contributed by atoms with Crippen LogP contribution in [-0.2, 0) is 9.59 Å². The summed E-state index contributed by atoms with van der Waals surface area (Å²) in [7, 11) is 0. The van der Waals surface area contributed by atoms with Gasteiger partial charge in [0.25, 0.3) is 0 Å². The van der Waals surface area contributed by atoms with Gasteiger partial charge in [0, 0.05) is 6.04 Å². The predicted octanol–water partition coefficient (Wildman–Crippen LogP) is 2.16. The Morgan fingerprint density at radius 1 is 1.29 bits per heavy atom. The van der Waals surface area contributed by atoms with Gasteiger partial charge in [0.15, 0.2) is 11.6 Å². The molecule has 3 rings (SSSR count). The molecule has 5 nitrogen and oxygen atoms in total. The molecule has 0 radical (unpaired) electrons. The van der Waals surface area contributed by atoms with Crippen LogP contribution in [0.3, 0.4) is 0 Å². The predicted molar refractivity (Wildman–Crippen MR) is 86.9 cm³/mol. The Bertz CT molecular complexity index is 626. The summed E-state index contributed by atoms with van der Waals surface area (Å²) in [6.07, 6.45) is 4.04. The van der Waals surface area contributed by atoms with Crippen LogP contribution in [0.5, 0.6) is 5.75 Å². The fourth-order valence-electron chi connectivity index (χ4n) is 2.82. The van der Waals surface area contributed by atoms with Crippen molar-refractivity contribution in [1.82, 2.24) is 10.6 Å². The first kappa shape index (κ1) is 16.7. The van der Waals surface area contributed by atoms with Gasteiger partial charge in [-0.25, -0.2) is 4.39 Å². The van der Waals surface area contributed by atoms with Crippen molar-refractivity contribution in [2.45, 2.75) is 51.1 Å². The number of hydrogen-bond donors (Lipinski definition) is 2. The average molecular weight is 334 g/mol. The molecule has 1 aromatic rings. The van der Waals surface area contributed by atoms with Crippen molar-refractivity contribution in [3.8, 4) is 5.75 Å². The number of rotatable bonds is 7. The molecule has 0 spiro atoms. The lowest BCUT2D eigenvalue weighted by Gasteiger charge is -2.39. The molecule has 2 amide bonds. The minimum absolute atomic E-state index is 0.146. The fourth-order valence-corrected chi connectivity index (χ4v) is 2.82. The molecule has 1 unspecified atom stereocenters. The first-order valence-corrected chi connectivity index (χ1v) is 8.50. The second-order valence-corrected chi connectivity index (χ2v) is 6.80. The van der Waals surface area contributed by atoms with E-state index < -0.39 is 11.2 Å². The SMILES string of the molecule is CC(COc1ccccc1F)NC(=O)C1(C(=O)NC2CC2)CCC1. The van der Waals surface area contributed by atoms with Crippen molar-refractivity contribution in [3.63, 3.8) is 0 Å². The molecule has 6 heteroatoms. The molecule has 2 fully saturated rings. The second-order valence-electron chi connectivity index (χ2n) is 6.80. The number of hydrogen-bond acceptors (Lipinski definition) is 3. The molecule has 0 heterocycles. The van der Waals surface area contributed by atoms with E-state index >= 15 is 0 Å². The van der Waals surface area contributed by atoms with Crippen LogP contribution in [0.25, 0.3) is 0 Å². The number of halogens is 1. The lowest BCUT2D eigenvalue weighted by atomic mass is 9.67. The van der Waals surface area contributed by atoms with Crippen LogP contribution >= 0.6 is 0 Å². The first-order valence-electron chi connectivity index (χ1n) is 8.50. The minimum atomic E-state index is -0.936. The van der Waals surface area contributed by atoms with Crippen molar-refractivity contribution in [1.29, 1.82) is 0 Å². The smallest absolute Gasteiger partial charge is 0.236 e. The third-order valence-corrected chi connectivity index (χ3v) is 4.69. The van der Waals surface area contributed by atoms with Gasteiger partial charge in [0.05, 0.1) is 6.04 Å². The zero-order valence-corrected chi connectivity index (χ0v) is 13.8. The number of carbonyl (C=O) groups excluding carboxylic acids is 2. The Hall–Kier alpha value is -2.11. The van der Waals surface area contributed by atoms with Gasteiger partial charge in [-0.1, -0.05) is 18.6 Å². The zero-order valence-electron chi connectivity index (χ0n) is 13.8. The molecule has 2 aliphatic carbocycles. The molecule has 2 saturated carbocycles. The van der Waals surface area contributed by atoms with E-state index in [9.17, 15) is 14.0 Å². The highest BCUT2D eigenvalue weighted by Crippen LogP contribution is 2.42. The Kier molecular flexibility index (Phi) is 4.73. The number of amides is 2. The highest BCUT2D eigenvalue weighted by molar-refractivity contribution is 6.06. The summed E-state index contributed by atoms with van der Waals surface area (Å²) in [5, 5.41) is 5.78. The van der Waals surface area contributed by atoms with Gasteiger partial charge in [-0.15, -0.1) is 0 Å². The number of nitrogens with one attached hydrogen (secondary N) is 2. The van der Waals surface area contributed by atoms with E-state index in [0.717, 1.165) is 19.3 Å². The molecule has 1 aromatic carbocycles. The van der Waals surface area contributed by atoms with E-state index in [1.165, 1.54) is 6.07 Å². The summed E-state index contributed by atoms with van der Waals surface area (Å²) in [5.74, 6) is -0.689. The molecular formula is C18H23FN2O3. The quantitative estimate of drug-likeness (QED) is 0.751. The molecule has 2 aliphatic rings. The van der Waals surface area contributed by atoms with Gasteiger partial charge in [-0.05, 0) is 44.7 Å². The third-order valence-electron chi connectivity index (χ3n) is 4.69. The first-order chi connectivity index (χ1) is 11.5. The molecule has 1 atom stereocenters. The van der Waals surface area contributed by atoms with Gasteiger partial charge >= 0.3 is 0 Å². The topological polar surface area (TPSA) is 67.4 Å². The monoisotopic (exact) mass is 334 g/mol. The number of ether oxygens (including phenoxy) is 1. The number of benzene rings is 1. The van der Waals surface area contributed by atoms with E-state index in [1.54, 1.807) is 25.1 Å². The number of para-hydroxylation sites is 1. The van der Waals surface area contributed by atoms with E-state index in [2.05, 4.69) is 10.6 Å². The molecule has 0 aliphatic heterocycles. The number of carbonyl (C=O) groups is 2. The lowest BCUT2D eigenvalue weighted by molar-refractivity contribution is -0.150. The summed E-state index contributed by atoms with van der Waals surface area (Å²) in [6.45, 7) is 1.93. The Morgan fingerprint density at radius 3 is 2.58 bits per heavy atom. The van der Waals surface area contributed by atoms with Gasteiger partial charge in [-0.3, -0.25) is 9.59 Å². The normalized spacial score (nSPS) is 19.8. The highest BCUT2D eigenvalue weighted by Gasteiger charge is 2.51. The van der Waals surface area contributed by atoms with E-state index in [0.29, 0.717) is 12.8 Å². The van der Waals surface area contributed by atoms with Crippen molar-refractivity contribution in [2.75, 3.05) is 6.61 Å². The van der Waals surface area contributed by atoms with Crippen LogP contribution in [0.15, 0.2) is 24.3 Å². The zero-order chi connectivity index (χ0) is 17.2. The van der Waals surface area contributed by atoms with Gasteiger partial charge in [-0.2, -0.15) is 0 Å². The van der Waals surface area contributed by atoms with E-state index in [-0.39, 0.29) is 36.3 Å². The standard InChI is InChI=1S/C18H23FN2O3/c1-12(11-24-15-6-3-2-5-14(15)19)20-16(22)18(9-4-10-18)17(23)21-13-7-8-13/h2-3,5-6,12-13H,4,7-11H2,1H3,(H,20,22)(H,21,23). The maximum Gasteiger partial charge on any atom is 0.236 e. The summed E-state index contributed by atoms with van der Waals surface area (Å²) in [6, 6.07) is 6.07. The van der Waals surface area contributed by atoms with Crippen LogP contribution in [0.1, 0.15) is 39.0 Å². The van der Waals surface area contributed by atoms with Crippen molar-refractivity contribution in [3.05, 3.63) is 30.1 Å². The maximum absolute atomic E-state index is 13.5. The maximum atomic E-state index is 13.5.